The molecule has 1 saturated heterocycles. The van der Waals surface area contributed by atoms with Crippen LogP contribution < -0.4 is 0 Å². The normalized spacial score (nSPS) is 16.9. The fourth-order valence-electron chi connectivity index (χ4n) is 3.53. The minimum Gasteiger partial charge on any atom is -0.338 e. The Morgan fingerprint density at radius 1 is 1.07 bits per heavy atom. The first-order chi connectivity index (χ1) is 13.2. The van der Waals surface area contributed by atoms with E-state index in [1.165, 1.54) is 0 Å². The van der Waals surface area contributed by atoms with Crippen molar-refractivity contribution in [2.45, 2.75) is 18.8 Å². The van der Waals surface area contributed by atoms with E-state index in [1.807, 2.05) is 59.6 Å². The third-order valence-corrected chi connectivity index (χ3v) is 5.14. The second-order valence-electron chi connectivity index (χ2n) is 6.77. The summed E-state index contributed by atoms with van der Waals surface area (Å²) in [5.41, 5.74) is 2.63. The molecule has 0 unspecified atom stereocenters. The number of aromatic nitrogens is 2. The van der Waals surface area contributed by atoms with E-state index in [4.69, 9.17) is 16.6 Å². The fourth-order valence-corrected chi connectivity index (χ4v) is 3.72. The number of rotatable bonds is 3. The van der Waals surface area contributed by atoms with Gasteiger partial charge in [-0.3, -0.25) is 4.79 Å². The van der Waals surface area contributed by atoms with Crippen LogP contribution in [0.25, 0.3) is 11.4 Å². The maximum Gasteiger partial charge on any atom is 0.253 e. The van der Waals surface area contributed by atoms with Gasteiger partial charge in [0.15, 0.2) is 5.82 Å². The van der Waals surface area contributed by atoms with Crippen molar-refractivity contribution in [3.8, 4) is 11.4 Å². The molecule has 136 valence electrons. The number of amides is 1. The number of hydrogen-bond donors (Lipinski definition) is 0. The number of likely N-dealkylation sites (tertiary alicyclic amines) is 1. The van der Waals surface area contributed by atoms with Crippen LogP contribution >= 0.6 is 11.6 Å². The Hall–Kier alpha value is -2.72. The summed E-state index contributed by atoms with van der Waals surface area (Å²) in [6.07, 6.45) is 3.79. The van der Waals surface area contributed by atoms with Gasteiger partial charge in [0.05, 0.1) is 0 Å². The maximum atomic E-state index is 12.9. The molecule has 1 aromatic heterocycles. The van der Waals surface area contributed by atoms with Gasteiger partial charge in [0.2, 0.25) is 0 Å². The Morgan fingerprint density at radius 3 is 2.74 bits per heavy atom. The minimum atomic E-state index is 0.0274. The van der Waals surface area contributed by atoms with Crippen LogP contribution in [0.5, 0.6) is 0 Å². The average Bonchev–Trinajstić information content (AvgIpc) is 2.74. The van der Waals surface area contributed by atoms with Crippen LogP contribution in [0.1, 0.15) is 34.8 Å². The van der Waals surface area contributed by atoms with Crippen molar-refractivity contribution in [2.24, 2.45) is 0 Å². The molecule has 2 aromatic carbocycles. The molecule has 0 aliphatic carbocycles. The second-order valence-corrected chi connectivity index (χ2v) is 7.21. The summed E-state index contributed by atoms with van der Waals surface area (Å²) in [5, 5.41) is 0.581. The molecule has 27 heavy (non-hydrogen) atoms. The lowest BCUT2D eigenvalue weighted by molar-refractivity contribution is 0.0706. The summed E-state index contributed by atoms with van der Waals surface area (Å²) in [6.45, 7) is 1.43. The fraction of sp³-hybridized carbons (Fsp3) is 0.227. The smallest absolute Gasteiger partial charge is 0.253 e. The highest BCUT2D eigenvalue weighted by molar-refractivity contribution is 6.30. The van der Waals surface area contributed by atoms with Crippen LogP contribution in [0.3, 0.4) is 0 Å². The lowest BCUT2D eigenvalue weighted by Gasteiger charge is -2.32. The van der Waals surface area contributed by atoms with Gasteiger partial charge in [-0.1, -0.05) is 48.0 Å². The number of carbonyl (C=O) groups excluding carboxylic acids is 1. The van der Waals surface area contributed by atoms with Crippen molar-refractivity contribution in [2.75, 3.05) is 13.1 Å². The minimum absolute atomic E-state index is 0.0274. The van der Waals surface area contributed by atoms with Crippen LogP contribution in [0, 0.1) is 0 Å². The Kier molecular flexibility index (Phi) is 5.16. The summed E-state index contributed by atoms with van der Waals surface area (Å²) < 4.78 is 0. The van der Waals surface area contributed by atoms with E-state index in [1.54, 1.807) is 12.1 Å². The number of benzene rings is 2. The molecule has 0 bridgehead atoms. The van der Waals surface area contributed by atoms with Gasteiger partial charge in [0, 0.05) is 47.0 Å². The van der Waals surface area contributed by atoms with Crippen molar-refractivity contribution in [1.82, 2.24) is 14.9 Å². The molecule has 1 aliphatic heterocycles. The topological polar surface area (TPSA) is 46.1 Å². The quantitative estimate of drug-likeness (QED) is 0.657. The molecular formula is C22H20ClN3O. The molecule has 1 amide bonds. The molecule has 4 rings (SSSR count). The zero-order valence-corrected chi connectivity index (χ0v) is 15.6. The molecule has 0 saturated carbocycles. The molecular weight excluding hydrogens is 358 g/mol. The summed E-state index contributed by atoms with van der Waals surface area (Å²) in [6, 6.07) is 19.1. The van der Waals surface area contributed by atoms with Gasteiger partial charge in [0.1, 0.15) is 0 Å². The van der Waals surface area contributed by atoms with E-state index >= 15 is 0 Å². The lowest BCUT2D eigenvalue weighted by Crippen LogP contribution is -2.39. The Labute approximate surface area is 163 Å². The molecule has 3 aromatic rings. The van der Waals surface area contributed by atoms with Gasteiger partial charge in [-0.25, -0.2) is 9.97 Å². The van der Waals surface area contributed by atoms with E-state index in [9.17, 15) is 4.79 Å². The predicted molar refractivity (Wildman–Crippen MR) is 107 cm³/mol. The predicted octanol–water partition coefficient (Wildman–Crippen LogP) is 4.82. The van der Waals surface area contributed by atoms with Crippen molar-refractivity contribution in [1.29, 1.82) is 0 Å². The molecule has 2 heterocycles. The SMILES string of the molecule is O=C(c1cccc(Cl)c1)N1CCC[C@@H](c2ccnc(-c3ccccc3)n2)C1. The summed E-state index contributed by atoms with van der Waals surface area (Å²) >= 11 is 6.04. The molecule has 1 atom stereocenters. The Balaban J connectivity index is 1.54. The van der Waals surface area contributed by atoms with Crippen LogP contribution in [0.2, 0.25) is 5.02 Å². The van der Waals surface area contributed by atoms with Gasteiger partial charge >= 0.3 is 0 Å². The van der Waals surface area contributed by atoms with Crippen LogP contribution in [-0.2, 0) is 0 Å². The summed E-state index contributed by atoms with van der Waals surface area (Å²) in [4.78, 5) is 23.9. The van der Waals surface area contributed by atoms with Gasteiger partial charge in [-0.2, -0.15) is 0 Å². The number of hydrogen-bond acceptors (Lipinski definition) is 3. The monoisotopic (exact) mass is 377 g/mol. The second kappa shape index (κ2) is 7.89. The van der Waals surface area contributed by atoms with Crippen LogP contribution in [0.15, 0.2) is 66.9 Å². The zero-order chi connectivity index (χ0) is 18.6. The average molecular weight is 378 g/mol. The molecule has 0 radical (unpaired) electrons. The van der Waals surface area contributed by atoms with Gasteiger partial charge in [0.25, 0.3) is 5.91 Å². The molecule has 1 fully saturated rings. The highest BCUT2D eigenvalue weighted by atomic mass is 35.5. The van der Waals surface area contributed by atoms with Gasteiger partial charge in [-0.05, 0) is 37.1 Å². The number of nitrogens with zero attached hydrogens (tertiary/aromatic N) is 3. The van der Waals surface area contributed by atoms with Crippen LogP contribution in [0.4, 0.5) is 0 Å². The first-order valence-electron chi connectivity index (χ1n) is 9.14. The molecule has 5 heteroatoms. The first kappa shape index (κ1) is 17.7. The van der Waals surface area contributed by atoms with Gasteiger partial charge < -0.3 is 4.90 Å². The van der Waals surface area contributed by atoms with E-state index < -0.39 is 0 Å². The number of halogens is 1. The highest BCUT2D eigenvalue weighted by Crippen LogP contribution is 2.28. The van der Waals surface area contributed by atoms with Crippen molar-refractivity contribution >= 4 is 17.5 Å². The summed E-state index contributed by atoms with van der Waals surface area (Å²) in [7, 11) is 0. The van der Waals surface area contributed by atoms with Gasteiger partial charge in [-0.15, -0.1) is 0 Å². The Morgan fingerprint density at radius 2 is 1.93 bits per heavy atom. The molecule has 0 N–H and O–H groups in total. The molecule has 1 aliphatic rings. The van der Waals surface area contributed by atoms with E-state index in [0.717, 1.165) is 36.5 Å². The van der Waals surface area contributed by atoms with Crippen LogP contribution in [-0.4, -0.2) is 33.9 Å². The maximum absolute atomic E-state index is 12.9. The largest absolute Gasteiger partial charge is 0.338 e. The molecule has 0 spiro atoms. The third-order valence-electron chi connectivity index (χ3n) is 4.91. The summed E-state index contributed by atoms with van der Waals surface area (Å²) in [5.74, 6) is 0.971. The van der Waals surface area contributed by atoms with E-state index in [-0.39, 0.29) is 11.8 Å². The first-order valence-corrected chi connectivity index (χ1v) is 9.52. The number of carbonyl (C=O) groups is 1. The molecule has 4 nitrogen and oxygen atoms in total. The van der Waals surface area contributed by atoms with E-state index in [2.05, 4.69) is 4.98 Å². The van der Waals surface area contributed by atoms with E-state index in [0.29, 0.717) is 17.1 Å². The van der Waals surface area contributed by atoms with Crippen molar-refractivity contribution in [3.63, 3.8) is 0 Å². The van der Waals surface area contributed by atoms with Crippen molar-refractivity contribution < 1.29 is 4.79 Å². The lowest BCUT2D eigenvalue weighted by atomic mass is 9.94. The number of piperidine rings is 1. The zero-order valence-electron chi connectivity index (χ0n) is 14.9. The standard InChI is InChI=1S/C22H20ClN3O/c23-19-10-4-8-17(14-19)22(27)26-13-5-9-18(15-26)20-11-12-24-21(25-20)16-6-2-1-3-7-16/h1-4,6-8,10-12,14,18H,5,9,13,15H2/t18-/m1/s1. The highest BCUT2D eigenvalue weighted by Gasteiger charge is 2.26. The van der Waals surface area contributed by atoms with Crippen molar-refractivity contribution in [3.05, 3.63) is 83.1 Å². The third kappa shape index (κ3) is 4.01. The Bertz CT molecular complexity index is 945.